The van der Waals surface area contributed by atoms with Gasteiger partial charge in [0, 0.05) is 36.6 Å². The Hall–Kier alpha value is -3.46. The first-order valence-corrected chi connectivity index (χ1v) is 14.9. The summed E-state index contributed by atoms with van der Waals surface area (Å²) in [6, 6.07) is 22.7. The molecule has 1 fully saturated rings. The van der Waals surface area contributed by atoms with Gasteiger partial charge in [0.25, 0.3) is 5.91 Å². The Morgan fingerprint density at radius 2 is 1.62 bits per heavy atom. The summed E-state index contributed by atoms with van der Waals surface area (Å²) in [7, 11) is 2.02. The summed E-state index contributed by atoms with van der Waals surface area (Å²) >= 11 is 0. The van der Waals surface area contributed by atoms with Gasteiger partial charge in [0.15, 0.2) is 0 Å². The Morgan fingerprint density at radius 3 is 2.28 bits per heavy atom. The maximum atomic E-state index is 13.6. The van der Waals surface area contributed by atoms with E-state index >= 15 is 0 Å². The molecule has 0 aromatic heterocycles. The number of anilines is 2. The van der Waals surface area contributed by atoms with Gasteiger partial charge in [0.2, 0.25) is 10.0 Å². The van der Waals surface area contributed by atoms with Gasteiger partial charge in [-0.05, 0) is 68.4 Å². The lowest BCUT2D eigenvalue weighted by atomic mass is 9.96. The third-order valence-corrected chi connectivity index (χ3v) is 9.44. The van der Waals surface area contributed by atoms with E-state index in [2.05, 4.69) is 27.7 Å². The van der Waals surface area contributed by atoms with Crippen molar-refractivity contribution >= 4 is 38.6 Å². The first-order chi connectivity index (χ1) is 18.7. The van der Waals surface area contributed by atoms with Gasteiger partial charge in [-0.25, -0.2) is 8.42 Å². The molecule has 1 aliphatic heterocycles. The topological polar surface area (TPSA) is 81.8 Å². The van der Waals surface area contributed by atoms with Crippen molar-refractivity contribution in [3.8, 4) is 0 Å². The van der Waals surface area contributed by atoms with Crippen LogP contribution in [0.15, 0.2) is 77.7 Å². The zero-order valence-electron chi connectivity index (χ0n) is 22.8. The van der Waals surface area contributed by atoms with Crippen molar-refractivity contribution in [2.45, 2.75) is 49.6 Å². The number of carbonyl (C=O) groups excluding carboxylic acids is 1. The lowest BCUT2D eigenvalue weighted by Gasteiger charge is -2.30. The maximum Gasteiger partial charge on any atom is 0.258 e. The summed E-state index contributed by atoms with van der Waals surface area (Å²) in [6.07, 6.45) is 4.99. The molecule has 5 rings (SSSR count). The van der Waals surface area contributed by atoms with Gasteiger partial charge < -0.3 is 15.5 Å². The van der Waals surface area contributed by atoms with Crippen LogP contribution in [0.1, 0.15) is 48.8 Å². The smallest absolute Gasteiger partial charge is 0.258 e. The minimum Gasteiger partial charge on any atom is -0.354 e. The van der Waals surface area contributed by atoms with Crippen molar-refractivity contribution in [1.82, 2.24) is 9.21 Å². The number of rotatable bonds is 8. The van der Waals surface area contributed by atoms with E-state index in [1.165, 1.54) is 9.87 Å². The number of benzene rings is 3. The Bertz CT molecular complexity index is 1480. The van der Waals surface area contributed by atoms with Crippen molar-refractivity contribution < 1.29 is 13.2 Å². The first-order valence-electron chi connectivity index (χ1n) is 13.5. The number of nitrogens with zero attached hydrogens (tertiary/aromatic N) is 2. The number of amides is 1. The molecule has 1 amide bonds. The fourth-order valence-corrected chi connectivity index (χ4v) is 6.89. The standard InChI is InChI=1S/C31H36N4O3S/c1-34(2)21-22-14-16-24(17-15-22)32-30(23-10-6-4-7-11-23)29-27-20-26(18-19-28(27)33-31(29)36)39(37,38)35(3)25-12-8-5-9-13-25/h4,6-7,10-11,14-20,25,32H,5,8-9,12-13,21H2,1-3H3,(H,33,36)/b30-29-. The van der Waals surface area contributed by atoms with Gasteiger partial charge in [-0.2, -0.15) is 4.31 Å². The minimum absolute atomic E-state index is 0.00351. The van der Waals surface area contributed by atoms with Crippen LogP contribution in [0.5, 0.6) is 0 Å². The minimum atomic E-state index is -3.72. The molecule has 0 unspecified atom stereocenters. The molecule has 204 valence electrons. The molecule has 8 heteroatoms. The summed E-state index contributed by atoms with van der Waals surface area (Å²) in [5.41, 5.74) is 5.08. The SMILES string of the molecule is CN(C)Cc1ccc(N/C(=C2\C(=O)Nc3ccc(S(=O)(=O)N(C)C4CCCCC4)cc32)c2ccccc2)cc1. The van der Waals surface area contributed by atoms with Crippen molar-refractivity contribution in [2.75, 3.05) is 31.8 Å². The highest BCUT2D eigenvalue weighted by Crippen LogP contribution is 2.39. The fraction of sp³-hybridized carbons (Fsp3) is 0.323. The van der Waals surface area contributed by atoms with Crippen LogP contribution in [0, 0.1) is 0 Å². The van der Waals surface area contributed by atoms with Crippen LogP contribution >= 0.6 is 0 Å². The van der Waals surface area contributed by atoms with Gasteiger partial charge in [-0.1, -0.05) is 61.7 Å². The first kappa shape index (κ1) is 27.1. The molecule has 0 spiro atoms. The lowest BCUT2D eigenvalue weighted by Crippen LogP contribution is -2.38. The molecule has 0 saturated heterocycles. The third-order valence-electron chi connectivity index (χ3n) is 7.54. The van der Waals surface area contributed by atoms with Gasteiger partial charge in [-0.3, -0.25) is 4.79 Å². The summed E-state index contributed by atoms with van der Waals surface area (Å²) in [4.78, 5) is 15.7. The Morgan fingerprint density at radius 1 is 0.923 bits per heavy atom. The second-order valence-electron chi connectivity index (χ2n) is 10.7. The van der Waals surface area contributed by atoms with E-state index in [9.17, 15) is 13.2 Å². The maximum absolute atomic E-state index is 13.6. The van der Waals surface area contributed by atoms with Crippen molar-refractivity contribution in [3.63, 3.8) is 0 Å². The fourth-order valence-electron chi connectivity index (χ4n) is 5.45. The summed E-state index contributed by atoms with van der Waals surface area (Å²) in [5.74, 6) is -0.268. The normalized spacial score (nSPS) is 17.3. The van der Waals surface area contributed by atoms with Crippen LogP contribution in [-0.2, 0) is 21.4 Å². The molecule has 1 heterocycles. The van der Waals surface area contributed by atoms with Crippen LogP contribution in [0.3, 0.4) is 0 Å². The van der Waals surface area contributed by atoms with Gasteiger partial charge in [-0.15, -0.1) is 0 Å². The van der Waals surface area contributed by atoms with E-state index < -0.39 is 10.0 Å². The molecular formula is C31H36N4O3S. The highest BCUT2D eigenvalue weighted by Gasteiger charge is 2.33. The van der Waals surface area contributed by atoms with Crippen LogP contribution in [-0.4, -0.2) is 50.7 Å². The quantitative estimate of drug-likeness (QED) is 0.359. The predicted molar refractivity (Wildman–Crippen MR) is 158 cm³/mol. The van der Waals surface area contributed by atoms with E-state index in [4.69, 9.17) is 0 Å². The highest BCUT2D eigenvalue weighted by atomic mass is 32.2. The average Bonchev–Trinajstić information content (AvgIpc) is 3.27. The number of hydrogen-bond donors (Lipinski definition) is 2. The number of hydrogen-bond acceptors (Lipinski definition) is 5. The second kappa shape index (κ2) is 11.3. The largest absolute Gasteiger partial charge is 0.354 e. The van der Waals surface area contributed by atoms with Crippen molar-refractivity contribution in [2.24, 2.45) is 0 Å². The van der Waals surface area contributed by atoms with E-state index in [0.717, 1.165) is 49.9 Å². The second-order valence-corrected chi connectivity index (χ2v) is 12.6. The number of fused-ring (bicyclic) bond motifs is 1. The van der Waals surface area contributed by atoms with E-state index in [1.807, 2.05) is 56.6 Å². The van der Waals surface area contributed by atoms with Gasteiger partial charge in [0.05, 0.1) is 16.2 Å². The zero-order chi connectivity index (χ0) is 27.6. The van der Waals surface area contributed by atoms with Crippen LogP contribution in [0.4, 0.5) is 11.4 Å². The molecule has 39 heavy (non-hydrogen) atoms. The molecule has 0 atom stereocenters. The Kier molecular flexibility index (Phi) is 7.88. The molecule has 3 aromatic rings. The lowest BCUT2D eigenvalue weighted by molar-refractivity contribution is -0.110. The molecule has 0 radical (unpaired) electrons. The number of nitrogens with one attached hydrogen (secondary N) is 2. The molecular weight excluding hydrogens is 508 g/mol. The molecule has 3 aromatic carbocycles. The zero-order valence-corrected chi connectivity index (χ0v) is 23.6. The molecule has 0 bridgehead atoms. The van der Waals surface area contributed by atoms with E-state index in [1.54, 1.807) is 25.2 Å². The van der Waals surface area contributed by atoms with E-state index in [-0.39, 0.29) is 16.8 Å². The third kappa shape index (κ3) is 5.78. The van der Waals surface area contributed by atoms with Crippen LogP contribution < -0.4 is 10.6 Å². The molecule has 1 aliphatic carbocycles. The van der Waals surface area contributed by atoms with Gasteiger partial charge in [0.1, 0.15) is 0 Å². The number of carbonyl (C=O) groups is 1. The van der Waals surface area contributed by atoms with Crippen molar-refractivity contribution in [3.05, 3.63) is 89.5 Å². The van der Waals surface area contributed by atoms with Crippen molar-refractivity contribution in [1.29, 1.82) is 0 Å². The molecule has 2 N–H and O–H groups in total. The van der Waals surface area contributed by atoms with Crippen LogP contribution in [0.2, 0.25) is 0 Å². The van der Waals surface area contributed by atoms with Crippen LogP contribution in [0.25, 0.3) is 11.3 Å². The predicted octanol–water partition coefficient (Wildman–Crippen LogP) is 5.63. The molecule has 2 aliphatic rings. The van der Waals surface area contributed by atoms with Gasteiger partial charge >= 0.3 is 0 Å². The molecule has 7 nitrogen and oxygen atoms in total. The Labute approximate surface area is 231 Å². The van der Waals surface area contributed by atoms with E-state index in [0.29, 0.717) is 22.5 Å². The summed E-state index contributed by atoms with van der Waals surface area (Å²) in [6.45, 7) is 0.829. The monoisotopic (exact) mass is 544 g/mol. The highest BCUT2D eigenvalue weighted by molar-refractivity contribution is 7.89. The number of sulfonamides is 1. The Balaban J connectivity index is 1.56. The average molecular weight is 545 g/mol. The summed E-state index contributed by atoms with van der Waals surface area (Å²) < 4.78 is 28.8. The summed E-state index contributed by atoms with van der Waals surface area (Å²) in [5, 5.41) is 6.40. The molecule has 1 saturated carbocycles.